The minimum atomic E-state index is -4.52. The third kappa shape index (κ3) is 6.49. The molecule has 3 rings (SSSR count). The predicted octanol–water partition coefficient (Wildman–Crippen LogP) is 3.94. The number of para-hydroxylation sites is 1. The van der Waals surface area contributed by atoms with E-state index in [0.717, 1.165) is 11.6 Å². The predicted molar refractivity (Wildman–Crippen MR) is 132 cm³/mol. The highest BCUT2D eigenvalue weighted by Crippen LogP contribution is 2.35. The number of nitrogens with zero attached hydrogens (tertiary/aromatic N) is 2. The van der Waals surface area contributed by atoms with E-state index < -0.39 is 23.6 Å². The molecule has 0 bridgehead atoms. The molecule has 0 unspecified atom stereocenters. The van der Waals surface area contributed by atoms with Crippen LogP contribution in [0.1, 0.15) is 28.1 Å². The number of hydrogen-bond donors (Lipinski definition) is 2. The Morgan fingerprint density at radius 3 is 2.38 bits per heavy atom. The Morgan fingerprint density at radius 1 is 1.00 bits per heavy atom. The number of carbonyl (C=O) groups excluding carboxylic acids is 2. The maximum Gasteiger partial charge on any atom is 0.418 e. The van der Waals surface area contributed by atoms with Gasteiger partial charge < -0.3 is 19.4 Å². The standard InChI is InChI=1S/C26H27F3N4O4/c1-16-13-19(17(2)33(16)21-8-6-5-7-20(21)26(27,28)29)15-31-32-25(35)24(34)30-12-11-18-9-10-22(36-3)23(14-18)37-4/h5-10,13-15H,11-12H2,1-4H3,(H,30,34)(H,32,35)/b31-15+. The Kier molecular flexibility index (Phi) is 8.59. The maximum atomic E-state index is 13.5. The van der Waals surface area contributed by atoms with E-state index in [1.807, 2.05) is 6.07 Å². The highest BCUT2D eigenvalue weighted by molar-refractivity contribution is 6.35. The first-order valence-corrected chi connectivity index (χ1v) is 11.2. The fraction of sp³-hybridized carbons (Fsp3) is 0.269. The van der Waals surface area contributed by atoms with Gasteiger partial charge in [-0.2, -0.15) is 18.3 Å². The Labute approximate surface area is 212 Å². The zero-order chi connectivity index (χ0) is 27.2. The third-order valence-electron chi connectivity index (χ3n) is 5.64. The molecule has 0 atom stereocenters. The number of hydrogen-bond acceptors (Lipinski definition) is 5. The van der Waals surface area contributed by atoms with Crippen LogP contribution < -0.4 is 20.2 Å². The van der Waals surface area contributed by atoms with E-state index in [2.05, 4.69) is 15.8 Å². The summed E-state index contributed by atoms with van der Waals surface area (Å²) in [5.41, 5.74) is 3.77. The Morgan fingerprint density at radius 2 is 1.70 bits per heavy atom. The smallest absolute Gasteiger partial charge is 0.418 e. The molecule has 196 valence electrons. The zero-order valence-electron chi connectivity index (χ0n) is 20.8. The lowest BCUT2D eigenvalue weighted by molar-refractivity contribution is -0.139. The van der Waals surface area contributed by atoms with E-state index in [-0.39, 0.29) is 12.2 Å². The third-order valence-corrected chi connectivity index (χ3v) is 5.64. The van der Waals surface area contributed by atoms with Gasteiger partial charge in [0.15, 0.2) is 11.5 Å². The number of carbonyl (C=O) groups is 2. The van der Waals surface area contributed by atoms with E-state index in [0.29, 0.717) is 34.9 Å². The van der Waals surface area contributed by atoms with Gasteiger partial charge in [0.2, 0.25) is 0 Å². The molecule has 8 nitrogen and oxygen atoms in total. The van der Waals surface area contributed by atoms with E-state index in [9.17, 15) is 22.8 Å². The molecule has 0 radical (unpaired) electrons. The summed E-state index contributed by atoms with van der Waals surface area (Å²) < 4.78 is 52.3. The van der Waals surface area contributed by atoms with Crippen molar-refractivity contribution in [2.24, 2.45) is 5.10 Å². The van der Waals surface area contributed by atoms with Crippen molar-refractivity contribution in [1.29, 1.82) is 0 Å². The molecule has 0 saturated heterocycles. The van der Waals surface area contributed by atoms with Crippen molar-refractivity contribution >= 4 is 18.0 Å². The quantitative estimate of drug-likeness (QED) is 0.270. The minimum Gasteiger partial charge on any atom is -0.493 e. The van der Waals surface area contributed by atoms with Crippen molar-refractivity contribution in [3.05, 3.63) is 76.6 Å². The van der Waals surface area contributed by atoms with E-state index in [1.54, 1.807) is 32.0 Å². The first-order valence-electron chi connectivity index (χ1n) is 11.2. The molecule has 1 aromatic heterocycles. The monoisotopic (exact) mass is 516 g/mol. The molecule has 0 spiro atoms. The Bertz CT molecular complexity index is 1320. The molecule has 0 aliphatic rings. The second kappa shape index (κ2) is 11.6. The lowest BCUT2D eigenvalue weighted by Gasteiger charge is -2.16. The summed E-state index contributed by atoms with van der Waals surface area (Å²) in [5, 5.41) is 6.30. The molecule has 0 saturated carbocycles. The van der Waals surface area contributed by atoms with Gasteiger partial charge in [0.05, 0.1) is 31.7 Å². The lowest BCUT2D eigenvalue weighted by Crippen LogP contribution is -2.38. The van der Waals surface area contributed by atoms with Gasteiger partial charge in [-0.05, 0) is 56.2 Å². The number of alkyl halides is 3. The Hall–Kier alpha value is -4.28. The van der Waals surface area contributed by atoms with Crippen LogP contribution >= 0.6 is 0 Å². The van der Waals surface area contributed by atoms with Crippen molar-refractivity contribution in [2.75, 3.05) is 20.8 Å². The lowest BCUT2D eigenvalue weighted by atomic mass is 10.1. The number of rotatable bonds is 8. The van der Waals surface area contributed by atoms with Crippen LogP contribution in [0.25, 0.3) is 5.69 Å². The highest BCUT2D eigenvalue weighted by atomic mass is 19.4. The number of amides is 2. The molecule has 1 heterocycles. The average Bonchev–Trinajstić information content (AvgIpc) is 3.15. The summed E-state index contributed by atoms with van der Waals surface area (Å²) in [7, 11) is 3.05. The van der Waals surface area contributed by atoms with Crippen molar-refractivity contribution in [1.82, 2.24) is 15.3 Å². The number of ether oxygens (including phenoxy) is 2. The molecule has 0 fully saturated rings. The highest BCUT2D eigenvalue weighted by Gasteiger charge is 2.34. The molecular weight excluding hydrogens is 489 g/mol. The topological polar surface area (TPSA) is 94.0 Å². The van der Waals surface area contributed by atoms with Gasteiger partial charge in [-0.15, -0.1) is 0 Å². The molecule has 2 N–H and O–H groups in total. The zero-order valence-corrected chi connectivity index (χ0v) is 20.8. The molecule has 0 aliphatic carbocycles. The van der Waals surface area contributed by atoms with Crippen LogP contribution in [0.5, 0.6) is 11.5 Å². The Balaban J connectivity index is 1.60. The van der Waals surface area contributed by atoms with Crippen LogP contribution in [0.15, 0.2) is 53.6 Å². The second-order valence-corrected chi connectivity index (χ2v) is 8.07. The van der Waals surface area contributed by atoms with Gasteiger partial charge in [-0.25, -0.2) is 5.43 Å². The van der Waals surface area contributed by atoms with E-state index in [4.69, 9.17) is 9.47 Å². The number of hydrazone groups is 1. The fourth-order valence-corrected chi connectivity index (χ4v) is 3.85. The molecule has 37 heavy (non-hydrogen) atoms. The summed E-state index contributed by atoms with van der Waals surface area (Å²) in [4.78, 5) is 24.2. The molecule has 0 aliphatic heterocycles. The first-order chi connectivity index (χ1) is 17.6. The largest absolute Gasteiger partial charge is 0.493 e. The first kappa shape index (κ1) is 27.3. The number of benzene rings is 2. The summed E-state index contributed by atoms with van der Waals surface area (Å²) >= 11 is 0. The number of nitrogens with one attached hydrogen (secondary N) is 2. The normalized spacial score (nSPS) is 11.4. The maximum absolute atomic E-state index is 13.5. The summed E-state index contributed by atoms with van der Waals surface area (Å²) in [6.45, 7) is 3.51. The van der Waals surface area contributed by atoms with Crippen molar-refractivity contribution in [2.45, 2.75) is 26.4 Å². The molecule has 2 amide bonds. The van der Waals surface area contributed by atoms with E-state index in [1.165, 1.54) is 43.2 Å². The number of aryl methyl sites for hydroxylation is 1. The van der Waals surface area contributed by atoms with Crippen LogP contribution in [-0.2, 0) is 22.2 Å². The van der Waals surface area contributed by atoms with Gasteiger partial charge >= 0.3 is 18.0 Å². The van der Waals surface area contributed by atoms with Gasteiger partial charge in [0.25, 0.3) is 0 Å². The van der Waals surface area contributed by atoms with Crippen LogP contribution in [-0.4, -0.2) is 43.4 Å². The van der Waals surface area contributed by atoms with E-state index >= 15 is 0 Å². The van der Waals surface area contributed by atoms with Crippen molar-refractivity contribution < 1.29 is 32.2 Å². The minimum absolute atomic E-state index is 0.0115. The van der Waals surface area contributed by atoms with Crippen LogP contribution in [0.2, 0.25) is 0 Å². The number of methoxy groups -OCH3 is 2. The van der Waals surface area contributed by atoms with Crippen LogP contribution in [0.3, 0.4) is 0 Å². The molecule has 11 heteroatoms. The fourth-order valence-electron chi connectivity index (χ4n) is 3.85. The van der Waals surface area contributed by atoms with Crippen molar-refractivity contribution in [3.8, 4) is 17.2 Å². The summed E-state index contributed by atoms with van der Waals surface area (Å²) in [5.74, 6) is -0.709. The molecule has 2 aromatic carbocycles. The van der Waals surface area contributed by atoms with Gasteiger partial charge in [-0.3, -0.25) is 9.59 Å². The molecule has 3 aromatic rings. The second-order valence-electron chi connectivity index (χ2n) is 8.07. The SMILES string of the molecule is COc1ccc(CCNC(=O)C(=O)N/N=C/c2cc(C)n(-c3ccccc3C(F)(F)F)c2C)cc1OC. The number of halogens is 3. The van der Waals surface area contributed by atoms with Gasteiger partial charge in [0, 0.05) is 23.5 Å². The van der Waals surface area contributed by atoms with Crippen LogP contribution in [0, 0.1) is 13.8 Å². The van der Waals surface area contributed by atoms with Gasteiger partial charge in [0.1, 0.15) is 0 Å². The molecular formula is C26H27F3N4O4. The number of aromatic nitrogens is 1. The van der Waals surface area contributed by atoms with Crippen LogP contribution in [0.4, 0.5) is 13.2 Å². The van der Waals surface area contributed by atoms with Gasteiger partial charge in [-0.1, -0.05) is 18.2 Å². The summed E-state index contributed by atoms with van der Waals surface area (Å²) in [6, 6.07) is 12.3. The average molecular weight is 517 g/mol. The van der Waals surface area contributed by atoms with Crippen molar-refractivity contribution in [3.63, 3.8) is 0 Å². The summed E-state index contributed by atoms with van der Waals surface area (Å²) in [6.07, 6.45) is -2.79.